The summed E-state index contributed by atoms with van der Waals surface area (Å²) in [7, 11) is 0. The Hall–Kier alpha value is -3.77. The molecule has 1 amide bonds. The zero-order valence-electron chi connectivity index (χ0n) is 21.0. The van der Waals surface area contributed by atoms with Gasteiger partial charge in [0.2, 0.25) is 0 Å². The number of pyridine rings is 1. The van der Waals surface area contributed by atoms with E-state index in [1.165, 1.54) is 21.6 Å². The number of hydrogen-bond acceptors (Lipinski definition) is 4. The molecule has 0 spiro atoms. The van der Waals surface area contributed by atoms with E-state index >= 15 is 0 Å². The molecule has 3 aromatic carbocycles. The van der Waals surface area contributed by atoms with Crippen molar-refractivity contribution in [3.8, 4) is 0 Å². The third-order valence-electron chi connectivity index (χ3n) is 7.55. The highest BCUT2D eigenvalue weighted by molar-refractivity contribution is 7.98. The van der Waals surface area contributed by atoms with Crippen LogP contribution in [0.2, 0.25) is 0 Å². The number of fused-ring (bicyclic) bond motifs is 3. The van der Waals surface area contributed by atoms with Crippen LogP contribution in [-0.2, 0) is 5.75 Å². The molecule has 0 bridgehead atoms. The fraction of sp³-hybridized carbons (Fsp3) is 0.226. The predicted octanol–water partition coefficient (Wildman–Crippen LogP) is 6.05. The van der Waals surface area contributed by atoms with Gasteiger partial charge in [-0.3, -0.25) is 19.3 Å². The average molecular weight is 508 g/mol. The van der Waals surface area contributed by atoms with Gasteiger partial charge in [-0.05, 0) is 41.7 Å². The van der Waals surface area contributed by atoms with E-state index in [1.807, 2.05) is 39.5 Å². The van der Waals surface area contributed by atoms with E-state index in [1.54, 1.807) is 19.2 Å². The molecule has 186 valence electrons. The zero-order chi connectivity index (χ0) is 25.5. The van der Waals surface area contributed by atoms with Crippen molar-refractivity contribution in [2.24, 2.45) is 0 Å². The van der Waals surface area contributed by atoms with Crippen molar-refractivity contribution >= 4 is 17.7 Å². The lowest BCUT2D eigenvalue weighted by molar-refractivity contribution is 0.0584. The Morgan fingerprint density at radius 2 is 1.59 bits per heavy atom. The quantitative estimate of drug-likeness (QED) is 0.337. The minimum absolute atomic E-state index is 0.105. The van der Waals surface area contributed by atoms with Crippen molar-refractivity contribution < 1.29 is 4.79 Å². The van der Waals surface area contributed by atoms with Crippen LogP contribution in [0.15, 0.2) is 101 Å². The molecule has 5 nitrogen and oxygen atoms in total. The average Bonchev–Trinajstić information content (AvgIpc) is 3.10. The molecule has 37 heavy (non-hydrogen) atoms. The van der Waals surface area contributed by atoms with Gasteiger partial charge in [-0.2, -0.15) is 0 Å². The highest BCUT2D eigenvalue weighted by atomic mass is 32.2. The molecule has 6 heteroatoms. The maximum atomic E-state index is 14.1. The van der Waals surface area contributed by atoms with E-state index in [2.05, 4.69) is 72.6 Å². The molecule has 2 aliphatic rings. The Kier molecular flexibility index (Phi) is 6.13. The van der Waals surface area contributed by atoms with Gasteiger partial charge in [0, 0.05) is 28.5 Å². The molecule has 0 saturated heterocycles. The number of carbonyl (C=O) groups is 1. The molecule has 0 aliphatic carbocycles. The molecule has 0 fully saturated rings. The molecular formula is C31H29N3O2S. The van der Waals surface area contributed by atoms with Gasteiger partial charge in [-0.25, -0.2) is 0 Å². The van der Waals surface area contributed by atoms with Crippen LogP contribution in [0.25, 0.3) is 0 Å². The van der Waals surface area contributed by atoms with Crippen molar-refractivity contribution in [2.45, 2.75) is 43.0 Å². The second kappa shape index (κ2) is 9.60. The maximum Gasteiger partial charge on any atom is 0.274 e. The Labute approximate surface area is 221 Å². The number of carbonyl (C=O) groups excluding carboxylic acids is 1. The molecule has 3 heterocycles. The normalized spacial score (nSPS) is 17.5. The first-order valence-electron chi connectivity index (χ1n) is 12.7. The van der Waals surface area contributed by atoms with Crippen molar-refractivity contribution in [1.29, 1.82) is 0 Å². The van der Waals surface area contributed by atoms with E-state index < -0.39 is 0 Å². The summed E-state index contributed by atoms with van der Waals surface area (Å²) in [5.41, 5.74) is 5.62. The van der Waals surface area contributed by atoms with Gasteiger partial charge in [0.25, 0.3) is 5.91 Å². The summed E-state index contributed by atoms with van der Waals surface area (Å²) in [6.45, 7) is 4.28. The smallest absolute Gasteiger partial charge is 0.274 e. The Morgan fingerprint density at radius 1 is 0.892 bits per heavy atom. The highest BCUT2D eigenvalue weighted by Crippen LogP contribution is 2.43. The molecule has 2 atom stereocenters. The van der Waals surface area contributed by atoms with E-state index in [9.17, 15) is 9.59 Å². The van der Waals surface area contributed by atoms with Crippen LogP contribution in [0.5, 0.6) is 0 Å². The maximum absolute atomic E-state index is 14.1. The number of thioether (sulfide) groups is 1. The van der Waals surface area contributed by atoms with Gasteiger partial charge in [0.15, 0.2) is 5.43 Å². The van der Waals surface area contributed by atoms with Crippen molar-refractivity contribution in [3.05, 3.63) is 135 Å². The van der Waals surface area contributed by atoms with Crippen LogP contribution in [0.3, 0.4) is 0 Å². The van der Waals surface area contributed by atoms with Crippen molar-refractivity contribution in [2.75, 3.05) is 11.7 Å². The van der Waals surface area contributed by atoms with Crippen LogP contribution < -0.4 is 10.4 Å². The lowest BCUT2D eigenvalue weighted by Gasteiger charge is -2.47. The van der Waals surface area contributed by atoms with Crippen molar-refractivity contribution in [3.63, 3.8) is 0 Å². The Morgan fingerprint density at radius 3 is 2.38 bits per heavy atom. The van der Waals surface area contributed by atoms with E-state index in [0.717, 1.165) is 17.7 Å². The molecular weight excluding hydrogens is 478 g/mol. The van der Waals surface area contributed by atoms with E-state index in [-0.39, 0.29) is 23.4 Å². The van der Waals surface area contributed by atoms with Gasteiger partial charge in [0.05, 0.1) is 12.1 Å². The summed E-state index contributed by atoms with van der Waals surface area (Å²) in [6, 6.07) is 28.7. The monoisotopic (exact) mass is 507 g/mol. The number of nitrogens with zero attached hydrogens (tertiary/aromatic N) is 3. The lowest BCUT2D eigenvalue weighted by Crippen LogP contribution is -2.56. The van der Waals surface area contributed by atoms with Crippen LogP contribution in [0, 0.1) is 6.92 Å². The van der Waals surface area contributed by atoms with Crippen LogP contribution >= 0.6 is 11.8 Å². The summed E-state index contributed by atoms with van der Waals surface area (Å²) in [5, 5.41) is 2.26. The molecule has 0 saturated carbocycles. The minimum Gasteiger partial charge on any atom is -0.311 e. The molecule has 0 radical (unpaired) electrons. The van der Waals surface area contributed by atoms with Gasteiger partial charge in [0.1, 0.15) is 12.4 Å². The zero-order valence-corrected chi connectivity index (χ0v) is 21.8. The molecule has 1 unspecified atom stereocenters. The third-order valence-corrected chi connectivity index (χ3v) is 8.69. The lowest BCUT2D eigenvalue weighted by atomic mass is 9.94. The van der Waals surface area contributed by atoms with Gasteiger partial charge in [-0.15, -0.1) is 11.8 Å². The fourth-order valence-electron chi connectivity index (χ4n) is 5.70. The minimum atomic E-state index is -0.119. The molecule has 4 aromatic rings. The first kappa shape index (κ1) is 23.6. The van der Waals surface area contributed by atoms with E-state index in [4.69, 9.17) is 0 Å². The topological polar surface area (TPSA) is 45.5 Å². The Balaban J connectivity index is 1.59. The summed E-state index contributed by atoms with van der Waals surface area (Å²) in [5.74, 6) is 0.782. The van der Waals surface area contributed by atoms with E-state index in [0.29, 0.717) is 17.9 Å². The summed E-state index contributed by atoms with van der Waals surface area (Å²) >= 11 is 1.85. The highest BCUT2D eigenvalue weighted by Gasteiger charge is 2.40. The molecule has 6 rings (SSSR count). The summed E-state index contributed by atoms with van der Waals surface area (Å²) in [6.07, 6.45) is 2.54. The number of rotatable bonds is 4. The second-order valence-corrected chi connectivity index (χ2v) is 10.6. The van der Waals surface area contributed by atoms with Crippen LogP contribution in [-0.4, -0.2) is 22.2 Å². The van der Waals surface area contributed by atoms with Crippen molar-refractivity contribution in [1.82, 2.24) is 9.58 Å². The summed E-state index contributed by atoms with van der Waals surface area (Å²) in [4.78, 5) is 30.1. The fourth-order valence-corrected chi connectivity index (χ4v) is 6.79. The number of benzene rings is 3. The summed E-state index contributed by atoms with van der Waals surface area (Å²) < 4.78 is 1.93. The molecule has 0 N–H and O–H groups in total. The molecule has 2 aliphatic heterocycles. The predicted molar refractivity (Wildman–Crippen MR) is 148 cm³/mol. The molecule has 1 aromatic heterocycles. The van der Waals surface area contributed by atoms with Gasteiger partial charge < -0.3 is 4.90 Å². The standard InChI is InChI=1S/C31H29N3O2S/c1-3-26(22-11-5-4-6-12-22)32-20-34(33-18-17-27(35)21(2)29(33)31(32)36)30-24-14-8-7-13-23(24)19-37-28-16-10-9-15-25(28)30/h4-18,26,30H,3,19-20H2,1-2H3/t26-,30?/m1/s1. The van der Waals surface area contributed by atoms with Crippen LogP contribution in [0.1, 0.15) is 63.7 Å². The largest absolute Gasteiger partial charge is 0.311 e. The number of amides is 1. The SMILES string of the molecule is CC[C@H](c1ccccc1)N1CN(C2c3ccccc3CSc3ccccc32)n2ccc(=O)c(C)c2C1=O. The van der Waals surface area contributed by atoms with Crippen LogP contribution in [0.4, 0.5) is 0 Å². The first-order valence-corrected chi connectivity index (χ1v) is 13.7. The second-order valence-electron chi connectivity index (χ2n) is 9.62. The van der Waals surface area contributed by atoms with Gasteiger partial charge in [-0.1, -0.05) is 79.7 Å². The number of aromatic nitrogens is 1. The first-order chi connectivity index (χ1) is 18.1. The Bertz CT molecular complexity index is 1480. The number of hydrogen-bond donors (Lipinski definition) is 0. The third kappa shape index (κ3) is 3.96. The van der Waals surface area contributed by atoms with Gasteiger partial charge >= 0.3 is 0 Å².